The predicted molar refractivity (Wildman–Crippen MR) is 131 cm³/mol. The molecule has 2 heterocycles. The number of benzene rings is 1. The van der Waals surface area contributed by atoms with Gasteiger partial charge in [0.15, 0.2) is 0 Å². The Morgan fingerprint density at radius 3 is 2.36 bits per heavy atom. The fourth-order valence-corrected chi connectivity index (χ4v) is 5.12. The van der Waals surface area contributed by atoms with Crippen LogP contribution in [0.25, 0.3) is 0 Å². The van der Waals surface area contributed by atoms with Crippen molar-refractivity contribution in [3.05, 3.63) is 45.8 Å². The number of para-hydroxylation sites is 1. The lowest BCUT2D eigenvalue weighted by Gasteiger charge is -2.36. The molecule has 9 heteroatoms. The Morgan fingerprint density at radius 2 is 1.76 bits per heavy atom. The topological polar surface area (TPSA) is 82.2 Å². The van der Waals surface area contributed by atoms with E-state index in [1.165, 1.54) is 16.2 Å². The molecular formula is C24H32N4O4S. The molecule has 0 saturated carbocycles. The number of rotatable bonds is 7. The Hall–Kier alpha value is -2.91. The SMILES string of the molecule is CCOC(=O)c1c(NC(=O)CN2CCN(c3ccccc3C)CC2)sc(C(=O)N(C)C)c1C. The molecule has 178 valence electrons. The van der Waals surface area contributed by atoms with Crippen LogP contribution < -0.4 is 10.2 Å². The molecular weight excluding hydrogens is 440 g/mol. The van der Waals surface area contributed by atoms with Crippen LogP contribution in [0.2, 0.25) is 0 Å². The fourth-order valence-electron chi connectivity index (χ4n) is 3.89. The number of carbonyl (C=O) groups is 3. The van der Waals surface area contributed by atoms with Gasteiger partial charge in [0.25, 0.3) is 5.91 Å². The highest BCUT2D eigenvalue weighted by molar-refractivity contribution is 7.18. The van der Waals surface area contributed by atoms with E-state index >= 15 is 0 Å². The maximum Gasteiger partial charge on any atom is 0.341 e. The smallest absolute Gasteiger partial charge is 0.341 e. The highest BCUT2D eigenvalue weighted by Gasteiger charge is 2.28. The second-order valence-electron chi connectivity index (χ2n) is 8.28. The summed E-state index contributed by atoms with van der Waals surface area (Å²) in [4.78, 5) is 44.2. The Morgan fingerprint density at radius 1 is 1.09 bits per heavy atom. The molecule has 0 atom stereocenters. The van der Waals surface area contributed by atoms with Crippen molar-refractivity contribution in [1.29, 1.82) is 0 Å². The summed E-state index contributed by atoms with van der Waals surface area (Å²) < 4.78 is 5.17. The first-order valence-corrected chi connectivity index (χ1v) is 11.9. The van der Waals surface area contributed by atoms with Gasteiger partial charge in [0.05, 0.1) is 23.6 Å². The van der Waals surface area contributed by atoms with E-state index in [4.69, 9.17) is 4.74 Å². The van der Waals surface area contributed by atoms with Crippen LogP contribution in [0.3, 0.4) is 0 Å². The number of nitrogens with zero attached hydrogens (tertiary/aromatic N) is 3. The van der Waals surface area contributed by atoms with Gasteiger partial charge in [-0.25, -0.2) is 4.79 Å². The van der Waals surface area contributed by atoms with E-state index < -0.39 is 5.97 Å². The molecule has 0 unspecified atom stereocenters. The summed E-state index contributed by atoms with van der Waals surface area (Å²) in [6.45, 7) is 9.18. The Kier molecular flexibility index (Phi) is 8.10. The first kappa shape index (κ1) is 24.7. The minimum absolute atomic E-state index is 0.212. The number of ether oxygens (including phenoxy) is 1. The largest absolute Gasteiger partial charge is 0.462 e. The number of aryl methyl sites for hydroxylation is 1. The van der Waals surface area contributed by atoms with Crippen molar-refractivity contribution >= 4 is 39.8 Å². The molecule has 1 aromatic carbocycles. The van der Waals surface area contributed by atoms with Gasteiger partial charge in [-0.05, 0) is 38.0 Å². The molecule has 3 rings (SSSR count). The maximum absolute atomic E-state index is 12.8. The average molecular weight is 473 g/mol. The third-order valence-corrected chi connectivity index (χ3v) is 6.87. The first-order valence-electron chi connectivity index (χ1n) is 11.1. The van der Waals surface area contributed by atoms with Crippen molar-refractivity contribution < 1.29 is 19.1 Å². The number of carbonyl (C=O) groups excluding carboxylic acids is 3. The summed E-state index contributed by atoms with van der Waals surface area (Å²) in [5, 5.41) is 3.22. The van der Waals surface area contributed by atoms with Crippen molar-refractivity contribution in [2.45, 2.75) is 20.8 Å². The highest BCUT2D eigenvalue weighted by Crippen LogP contribution is 2.34. The standard InChI is InChI=1S/C24H32N4O4S/c1-6-32-24(31)20-17(3)21(23(30)26(4)5)33-22(20)25-19(29)15-27-11-13-28(14-12-27)18-10-8-7-9-16(18)2/h7-10H,6,11-15H2,1-5H3,(H,25,29). The molecule has 1 aliphatic heterocycles. The third kappa shape index (κ3) is 5.72. The number of hydrogen-bond acceptors (Lipinski definition) is 7. The molecule has 2 amide bonds. The van der Waals surface area contributed by atoms with Gasteiger partial charge >= 0.3 is 5.97 Å². The van der Waals surface area contributed by atoms with E-state index in [0.29, 0.717) is 15.4 Å². The monoisotopic (exact) mass is 472 g/mol. The lowest BCUT2D eigenvalue weighted by molar-refractivity contribution is -0.117. The zero-order valence-corrected chi connectivity index (χ0v) is 20.8. The Bertz CT molecular complexity index is 1030. The van der Waals surface area contributed by atoms with E-state index in [2.05, 4.69) is 34.2 Å². The van der Waals surface area contributed by atoms with Gasteiger partial charge in [0.2, 0.25) is 5.91 Å². The van der Waals surface area contributed by atoms with Crippen LogP contribution in [0, 0.1) is 13.8 Å². The third-order valence-electron chi connectivity index (χ3n) is 5.68. The van der Waals surface area contributed by atoms with Gasteiger partial charge in [-0.3, -0.25) is 14.5 Å². The van der Waals surface area contributed by atoms with E-state index in [1.54, 1.807) is 27.9 Å². The molecule has 1 saturated heterocycles. The number of hydrogen-bond donors (Lipinski definition) is 1. The van der Waals surface area contributed by atoms with Crippen molar-refractivity contribution in [3.63, 3.8) is 0 Å². The lowest BCUT2D eigenvalue weighted by atomic mass is 10.1. The van der Waals surface area contributed by atoms with E-state index in [9.17, 15) is 14.4 Å². The molecule has 1 fully saturated rings. The molecule has 0 radical (unpaired) electrons. The predicted octanol–water partition coefficient (Wildman–Crippen LogP) is 3.00. The zero-order valence-electron chi connectivity index (χ0n) is 19.9. The molecule has 1 N–H and O–H groups in total. The minimum Gasteiger partial charge on any atom is -0.462 e. The van der Waals surface area contributed by atoms with Gasteiger partial charge in [0.1, 0.15) is 5.00 Å². The van der Waals surface area contributed by atoms with E-state index in [0.717, 1.165) is 37.5 Å². The van der Waals surface area contributed by atoms with Crippen LogP contribution in [0.4, 0.5) is 10.7 Å². The number of thiophene rings is 1. The molecule has 2 aromatic rings. The summed E-state index contributed by atoms with van der Waals surface area (Å²) >= 11 is 1.12. The highest BCUT2D eigenvalue weighted by atomic mass is 32.1. The molecule has 0 bridgehead atoms. The molecule has 1 aromatic heterocycles. The summed E-state index contributed by atoms with van der Waals surface area (Å²) in [5.74, 6) is -0.961. The van der Waals surface area contributed by atoms with E-state index in [-0.39, 0.29) is 30.5 Å². The fraction of sp³-hybridized carbons (Fsp3) is 0.458. The van der Waals surface area contributed by atoms with Gasteiger partial charge in [-0.15, -0.1) is 11.3 Å². The van der Waals surface area contributed by atoms with Crippen molar-refractivity contribution in [2.75, 3.05) is 63.6 Å². The lowest BCUT2D eigenvalue weighted by Crippen LogP contribution is -2.48. The number of amides is 2. The molecule has 0 aliphatic carbocycles. The van der Waals surface area contributed by atoms with E-state index in [1.807, 2.05) is 12.1 Å². The van der Waals surface area contributed by atoms with Crippen LogP contribution >= 0.6 is 11.3 Å². The minimum atomic E-state index is -0.536. The summed E-state index contributed by atoms with van der Waals surface area (Å²) in [5.41, 5.74) is 3.25. The Balaban J connectivity index is 1.67. The van der Waals surface area contributed by atoms with Crippen molar-refractivity contribution in [3.8, 4) is 0 Å². The molecule has 33 heavy (non-hydrogen) atoms. The number of anilines is 2. The van der Waals surface area contributed by atoms with Crippen LogP contribution in [-0.2, 0) is 9.53 Å². The zero-order chi connectivity index (χ0) is 24.1. The maximum atomic E-state index is 12.8. The van der Waals surface area contributed by atoms with Crippen molar-refractivity contribution in [2.24, 2.45) is 0 Å². The van der Waals surface area contributed by atoms with Gasteiger partial charge in [0, 0.05) is 46.0 Å². The Labute approximate surface area is 199 Å². The summed E-state index contributed by atoms with van der Waals surface area (Å²) in [6, 6.07) is 8.31. The first-order chi connectivity index (χ1) is 15.7. The molecule has 8 nitrogen and oxygen atoms in total. The summed E-state index contributed by atoms with van der Waals surface area (Å²) in [7, 11) is 3.31. The van der Waals surface area contributed by atoms with Crippen LogP contribution in [0.5, 0.6) is 0 Å². The van der Waals surface area contributed by atoms with Gasteiger partial charge in [-0.1, -0.05) is 18.2 Å². The van der Waals surface area contributed by atoms with Crippen LogP contribution in [-0.4, -0.2) is 81.0 Å². The molecule has 1 aliphatic rings. The van der Waals surface area contributed by atoms with Crippen molar-refractivity contribution in [1.82, 2.24) is 9.80 Å². The van der Waals surface area contributed by atoms with Crippen LogP contribution in [0.15, 0.2) is 24.3 Å². The number of nitrogens with one attached hydrogen (secondary N) is 1. The second kappa shape index (κ2) is 10.8. The number of esters is 1. The van der Waals surface area contributed by atoms with Crippen LogP contribution in [0.1, 0.15) is 38.1 Å². The summed E-state index contributed by atoms with van der Waals surface area (Å²) in [6.07, 6.45) is 0. The number of piperazine rings is 1. The second-order valence-corrected chi connectivity index (χ2v) is 9.30. The van der Waals surface area contributed by atoms with Gasteiger partial charge < -0.3 is 19.9 Å². The average Bonchev–Trinajstić information content (AvgIpc) is 3.09. The molecule has 0 spiro atoms. The van der Waals surface area contributed by atoms with Gasteiger partial charge in [-0.2, -0.15) is 0 Å². The quantitative estimate of drug-likeness (QED) is 0.624. The normalized spacial score (nSPS) is 14.2.